The van der Waals surface area contributed by atoms with Gasteiger partial charge in [0.25, 0.3) is 5.91 Å². The van der Waals surface area contributed by atoms with Gasteiger partial charge in [0.15, 0.2) is 0 Å². The smallest absolute Gasteiger partial charge is 0.337 e. The number of carbonyl (C=O) groups excluding carboxylic acids is 1. The van der Waals surface area contributed by atoms with Crippen molar-refractivity contribution in [2.45, 2.75) is 0 Å². The summed E-state index contributed by atoms with van der Waals surface area (Å²) in [6, 6.07) is 18.3. The summed E-state index contributed by atoms with van der Waals surface area (Å²) >= 11 is 3.33. The second-order valence-electron chi connectivity index (χ2n) is 7.45. The zero-order valence-corrected chi connectivity index (χ0v) is 18.7. The molecule has 0 unspecified atom stereocenters. The Morgan fingerprint density at radius 1 is 0.844 bits per heavy atom. The van der Waals surface area contributed by atoms with Crippen LogP contribution in [0.2, 0.25) is 0 Å². The average molecular weight is 498 g/mol. The first-order valence-corrected chi connectivity index (χ1v) is 10.9. The maximum absolute atomic E-state index is 13.2. The molecule has 3 aromatic carbocycles. The molecule has 6 nitrogen and oxygen atoms in total. The van der Waals surface area contributed by atoms with Crippen molar-refractivity contribution in [3.8, 4) is 0 Å². The molecule has 32 heavy (non-hydrogen) atoms. The second-order valence-corrected chi connectivity index (χ2v) is 8.36. The van der Waals surface area contributed by atoms with E-state index in [1.54, 1.807) is 48.5 Å². The minimum absolute atomic E-state index is 0.0360. The molecule has 0 atom stereocenters. The summed E-state index contributed by atoms with van der Waals surface area (Å²) in [6.07, 6.45) is 0. The number of piperazine rings is 1. The van der Waals surface area contributed by atoms with Gasteiger partial charge in [-0.05, 0) is 66.7 Å². The number of hydrogen-bond acceptors (Lipinski definition) is 4. The van der Waals surface area contributed by atoms with E-state index in [1.165, 1.54) is 12.1 Å². The van der Waals surface area contributed by atoms with Crippen molar-refractivity contribution in [2.24, 2.45) is 0 Å². The van der Waals surface area contributed by atoms with Gasteiger partial charge in [-0.3, -0.25) is 4.79 Å². The number of nitrogens with zero attached hydrogens (tertiary/aromatic N) is 2. The molecule has 0 bridgehead atoms. The fourth-order valence-corrected chi connectivity index (χ4v) is 3.95. The summed E-state index contributed by atoms with van der Waals surface area (Å²) in [4.78, 5) is 28.7. The lowest BCUT2D eigenvalue weighted by molar-refractivity contribution is 0.0698. The Labute approximate surface area is 193 Å². The third kappa shape index (κ3) is 4.91. The van der Waals surface area contributed by atoms with Gasteiger partial charge in [-0.1, -0.05) is 15.9 Å². The van der Waals surface area contributed by atoms with E-state index >= 15 is 0 Å². The van der Waals surface area contributed by atoms with Crippen molar-refractivity contribution < 1.29 is 19.1 Å². The predicted molar refractivity (Wildman–Crippen MR) is 126 cm³/mol. The number of anilines is 3. The molecule has 164 valence electrons. The molecule has 0 saturated carbocycles. The number of carboxylic acids is 1. The third-order valence-electron chi connectivity index (χ3n) is 5.42. The van der Waals surface area contributed by atoms with Crippen LogP contribution in [0.3, 0.4) is 0 Å². The van der Waals surface area contributed by atoms with Crippen molar-refractivity contribution in [3.05, 3.63) is 88.1 Å². The first-order chi connectivity index (χ1) is 15.4. The van der Waals surface area contributed by atoms with Gasteiger partial charge in [0.05, 0.1) is 11.3 Å². The number of aromatic carboxylic acids is 1. The quantitative estimate of drug-likeness (QED) is 0.526. The first kappa shape index (κ1) is 21.8. The Morgan fingerprint density at radius 2 is 1.41 bits per heavy atom. The summed E-state index contributed by atoms with van der Waals surface area (Å²) in [7, 11) is 0. The van der Waals surface area contributed by atoms with Gasteiger partial charge in [0.2, 0.25) is 0 Å². The highest BCUT2D eigenvalue weighted by atomic mass is 79.9. The van der Waals surface area contributed by atoms with Crippen molar-refractivity contribution in [3.63, 3.8) is 0 Å². The molecule has 1 saturated heterocycles. The normalized spacial score (nSPS) is 13.7. The van der Waals surface area contributed by atoms with Crippen LogP contribution in [-0.4, -0.2) is 43.2 Å². The Bertz CT molecular complexity index is 1130. The number of halogens is 2. The van der Waals surface area contributed by atoms with Gasteiger partial charge in [-0.15, -0.1) is 0 Å². The Kier molecular flexibility index (Phi) is 6.41. The number of carboxylic acid groups (broad SMARTS) is 1. The zero-order valence-electron chi connectivity index (χ0n) is 17.1. The van der Waals surface area contributed by atoms with Crippen LogP contribution in [0.5, 0.6) is 0 Å². The van der Waals surface area contributed by atoms with E-state index in [9.17, 15) is 19.1 Å². The van der Waals surface area contributed by atoms with Crippen molar-refractivity contribution in [2.75, 3.05) is 41.3 Å². The highest BCUT2D eigenvalue weighted by Crippen LogP contribution is 2.26. The van der Waals surface area contributed by atoms with E-state index in [4.69, 9.17) is 0 Å². The lowest BCUT2D eigenvalue weighted by Gasteiger charge is -2.37. The SMILES string of the molecule is O=C(Nc1ccc(N2CCN(c3ccc(F)cc3)CC2)cc1C(=O)O)c1ccc(Br)cc1. The van der Waals surface area contributed by atoms with Crippen LogP contribution in [-0.2, 0) is 0 Å². The molecule has 1 heterocycles. The highest BCUT2D eigenvalue weighted by molar-refractivity contribution is 9.10. The minimum Gasteiger partial charge on any atom is -0.478 e. The fraction of sp³-hybridized carbons (Fsp3) is 0.167. The number of nitrogens with one attached hydrogen (secondary N) is 1. The molecule has 2 N–H and O–H groups in total. The lowest BCUT2D eigenvalue weighted by Crippen LogP contribution is -2.46. The maximum atomic E-state index is 13.2. The van der Waals surface area contributed by atoms with Gasteiger partial charge >= 0.3 is 5.97 Å². The molecule has 0 radical (unpaired) electrons. The van der Waals surface area contributed by atoms with Gasteiger partial charge < -0.3 is 20.2 Å². The number of hydrogen-bond donors (Lipinski definition) is 2. The molecule has 1 amide bonds. The highest BCUT2D eigenvalue weighted by Gasteiger charge is 2.21. The second kappa shape index (κ2) is 9.40. The van der Waals surface area contributed by atoms with Crippen LogP contribution in [0.25, 0.3) is 0 Å². The van der Waals surface area contributed by atoms with Gasteiger partial charge in [-0.25, -0.2) is 9.18 Å². The molecule has 1 fully saturated rings. The Balaban J connectivity index is 1.47. The van der Waals surface area contributed by atoms with E-state index < -0.39 is 5.97 Å². The molecule has 0 spiro atoms. The van der Waals surface area contributed by atoms with Crippen LogP contribution in [0.1, 0.15) is 20.7 Å². The van der Waals surface area contributed by atoms with Crippen molar-refractivity contribution >= 4 is 44.9 Å². The summed E-state index contributed by atoms with van der Waals surface area (Å²) in [6.45, 7) is 2.86. The monoisotopic (exact) mass is 497 g/mol. The van der Waals surface area contributed by atoms with Crippen LogP contribution in [0.15, 0.2) is 71.2 Å². The lowest BCUT2D eigenvalue weighted by atomic mass is 10.1. The summed E-state index contributed by atoms with van der Waals surface area (Å²) in [5.41, 5.74) is 2.46. The van der Waals surface area contributed by atoms with Crippen LogP contribution < -0.4 is 15.1 Å². The van der Waals surface area contributed by atoms with E-state index in [-0.39, 0.29) is 23.0 Å². The van der Waals surface area contributed by atoms with E-state index in [0.717, 1.165) is 28.9 Å². The molecule has 0 aliphatic carbocycles. The van der Waals surface area contributed by atoms with Gasteiger partial charge in [0.1, 0.15) is 5.82 Å². The topological polar surface area (TPSA) is 72.9 Å². The average Bonchev–Trinajstić information content (AvgIpc) is 2.80. The van der Waals surface area contributed by atoms with E-state index in [0.29, 0.717) is 18.7 Å². The molecular formula is C24H21BrFN3O3. The standard InChI is InChI=1S/C24H21BrFN3O3/c25-17-3-1-16(2-4-17)23(30)27-22-10-9-20(15-21(22)24(31)32)29-13-11-28(12-14-29)19-7-5-18(26)6-8-19/h1-10,15H,11-14H2,(H,27,30)(H,31,32). The minimum atomic E-state index is -1.11. The van der Waals surface area contributed by atoms with Crippen LogP contribution in [0.4, 0.5) is 21.5 Å². The molecular weight excluding hydrogens is 477 g/mol. The summed E-state index contributed by atoms with van der Waals surface area (Å²) in [5.74, 6) is -1.75. The fourth-order valence-electron chi connectivity index (χ4n) is 3.69. The van der Waals surface area contributed by atoms with Crippen LogP contribution in [0, 0.1) is 5.82 Å². The predicted octanol–water partition coefficient (Wildman–Crippen LogP) is 4.87. The zero-order chi connectivity index (χ0) is 22.7. The number of rotatable bonds is 5. The summed E-state index contributed by atoms with van der Waals surface area (Å²) < 4.78 is 14.0. The van der Waals surface area contributed by atoms with Crippen LogP contribution >= 0.6 is 15.9 Å². The molecule has 4 rings (SSSR count). The van der Waals surface area contributed by atoms with Gasteiger partial charge in [-0.2, -0.15) is 0 Å². The van der Waals surface area contributed by atoms with Crippen molar-refractivity contribution in [1.82, 2.24) is 0 Å². The first-order valence-electron chi connectivity index (χ1n) is 10.1. The number of carbonyl (C=O) groups is 2. The molecule has 1 aliphatic heterocycles. The molecule has 1 aliphatic rings. The number of amides is 1. The van der Waals surface area contributed by atoms with Crippen molar-refractivity contribution in [1.29, 1.82) is 0 Å². The Hall–Kier alpha value is -3.39. The largest absolute Gasteiger partial charge is 0.478 e. The summed E-state index contributed by atoms with van der Waals surface area (Å²) in [5, 5.41) is 12.4. The third-order valence-corrected chi connectivity index (χ3v) is 5.95. The number of benzene rings is 3. The molecule has 3 aromatic rings. The molecule has 8 heteroatoms. The van der Waals surface area contributed by atoms with E-state index in [2.05, 4.69) is 31.0 Å². The Morgan fingerprint density at radius 3 is 2.00 bits per heavy atom. The van der Waals surface area contributed by atoms with Gasteiger partial charge in [0, 0.05) is 47.6 Å². The maximum Gasteiger partial charge on any atom is 0.337 e. The molecule has 0 aromatic heterocycles. The van der Waals surface area contributed by atoms with E-state index in [1.807, 2.05) is 6.07 Å².